The van der Waals surface area contributed by atoms with Crippen LogP contribution in [0, 0.1) is 0 Å². The van der Waals surface area contributed by atoms with Crippen molar-refractivity contribution >= 4 is 34.9 Å². The van der Waals surface area contributed by atoms with Crippen LogP contribution in [0.1, 0.15) is 12.8 Å². The first-order valence-corrected chi connectivity index (χ1v) is 6.68. The van der Waals surface area contributed by atoms with Gasteiger partial charge in [-0.2, -0.15) is 0 Å². The van der Waals surface area contributed by atoms with E-state index in [-0.39, 0.29) is 18.3 Å². The predicted octanol–water partition coefficient (Wildman–Crippen LogP) is 2.56. The van der Waals surface area contributed by atoms with Crippen LogP contribution < -0.4 is 4.74 Å². The van der Waals surface area contributed by atoms with E-state index < -0.39 is 0 Å². The molecule has 4 nitrogen and oxygen atoms in total. The van der Waals surface area contributed by atoms with E-state index in [1.165, 1.54) is 0 Å². The van der Waals surface area contributed by atoms with Crippen LogP contribution in [0.4, 0.5) is 0 Å². The van der Waals surface area contributed by atoms with Gasteiger partial charge in [-0.25, -0.2) is 0 Å². The Balaban J connectivity index is 1.87. The lowest BCUT2D eigenvalue weighted by Crippen LogP contribution is -2.41. The molecular formula is C13H13Cl2NO3. The van der Waals surface area contributed by atoms with Gasteiger partial charge >= 0.3 is 0 Å². The highest BCUT2D eigenvalue weighted by molar-refractivity contribution is 6.34. The number of ketones is 1. The van der Waals surface area contributed by atoms with Gasteiger partial charge in [-0.05, 0) is 18.2 Å². The third kappa shape index (κ3) is 4.11. The van der Waals surface area contributed by atoms with Crippen LogP contribution in [0.15, 0.2) is 18.2 Å². The zero-order chi connectivity index (χ0) is 13.8. The second kappa shape index (κ2) is 6.26. The number of Topliss-reactive ketones (excluding diaryl/α,β-unsaturated/α-hetero) is 1. The Kier molecular flexibility index (Phi) is 4.66. The van der Waals surface area contributed by atoms with E-state index in [4.69, 9.17) is 27.9 Å². The summed E-state index contributed by atoms with van der Waals surface area (Å²) in [5.41, 5.74) is 0. The Hall–Kier alpha value is -1.26. The highest BCUT2D eigenvalue weighted by Crippen LogP contribution is 2.24. The molecule has 0 bridgehead atoms. The molecule has 0 aliphatic carbocycles. The van der Waals surface area contributed by atoms with E-state index in [0.29, 0.717) is 41.7 Å². The summed E-state index contributed by atoms with van der Waals surface area (Å²) in [5.74, 6) is 0.522. The Labute approximate surface area is 121 Å². The van der Waals surface area contributed by atoms with Gasteiger partial charge in [-0.1, -0.05) is 23.2 Å². The van der Waals surface area contributed by atoms with Crippen molar-refractivity contribution in [2.75, 3.05) is 19.7 Å². The molecule has 1 heterocycles. The van der Waals surface area contributed by atoms with E-state index in [1.807, 2.05) is 0 Å². The number of carbonyl (C=O) groups is 2. The van der Waals surface area contributed by atoms with Crippen LogP contribution in [0.5, 0.6) is 5.75 Å². The van der Waals surface area contributed by atoms with Crippen molar-refractivity contribution in [3.63, 3.8) is 0 Å². The summed E-state index contributed by atoms with van der Waals surface area (Å²) >= 11 is 11.7. The molecule has 0 N–H and O–H groups in total. The number of hydrogen-bond donors (Lipinski definition) is 0. The average Bonchev–Trinajstić information content (AvgIpc) is 2.36. The Morgan fingerprint density at radius 2 is 1.74 bits per heavy atom. The summed E-state index contributed by atoms with van der Waals surface area (Å²) in [5, 5.41) is 0.914. The Bertz CT molecular complexity index is 474. The fourth-order valence-corrected chi connectivity index (χ4v) is 2.36. The SMILES string of the molecule is O=C1CCN(C(=O)COc2cc(Cl)cc(Cl)c2)CC1. The summed E-state index contributed by atoms with van der Waals surface area (Å²) in [6, 6.07) is 4.79. The normalized spacial score (nSPS) is 15.5. The van der Waals surface area contributed by atoms with Gasteiger partial charge in [0.1, 0.15) is 11.5 Å². The van der Waals surface area contributed by atoms with Gasteiger partial charge in [0.05, 0.1) is 0 Å². The highest BCUT2D eigenvalue weighted by atomic mass is 35.5. The van der Waals surface area contributed by atoms with E-state index in [0.717, 1.165) is 0 Å². The second-order valence-corrected chi connectivity index (χ2v) is 5.19. The number of nitrogens with zero attached hydrogens (tertiary/aromatic N) is 1. The summed E-state index contributed by atoms with van der Waals surface area (Å²) in [4.78, 5) is 24.6. The molecule has 2 rings (SSSR count). The largest absolute Gasteiger partial charge is 0.484 e. The van der Waals surface area contributed by atoms with Crippen LogP contribution in [-0.2, 0) is 9.59 Å². The molecule has 1 aromatic carbocycles. The molecule has 1 fully saturated rings. The van der Waals surface area contributed by atoms with Crippen molar-refractivity contribution in [2.24, 2.45) is 0 Å². The molecule has 1 saturated heterocycles. The first-order valence-electron chi connectivity index (χ1n) is 5.93. The van der Waals surface area contributed by atoms with Crippen LogP contribution in [-0.4, -0.2) is 36.3 Å². The molecule has 0 aromatic heterocycles. The third-order valence-electron chi connectivity index (χ3n) is 2.87. The number of carbonyl (C=O) groups excluding carboxylic acids is 2. The number of piperidine rings is 1. The monoisotopic (exact) mass is 301 g/mol. The van der Waals surface area contributed by atoms with E-state index in [1.54, 1.807) is 23.1 Å². The minimum Gasteiger partial charge on any atom is -0.484 e. The van der Waals surface area contributed by atoms with Gasteiger partial charge in [0.15, 0.2) is 6.61 Å². The Morgan fingerprint density at radius 3 is 2.32 bits per heavy atom. The smallest absolute Gasteiger partial charge is 0.260 e. The molecule has 0 atom stereocenters. The van der Waals surface area contributed by atoms with Gasteiger partial charge in [0.2, 0.25) is 0 Å². The minimum atomic E-state index is -0.136. The number of likely N-dealkylation sites (tertiary alicyclic amines) is 1. The molecule has 0 radical (unpaired) electrons. The van der Waals surface area contributed by atoms with Crippen LogP contribution in [0.3, 0.4) is 0 Å². The highest BCUT2D eigenvalue weighted by Gasteiger charge is 2.20. The first kappa shape index (κ1) is 14.2. The van der Waals surface area contributed by atoms with Gasteiger partial charge in [0, 0.05) is 36.0 Å². The van der Waals surface area contributed by atoms with Crippen molar-refractivity contribution < 1.29 is 14.3 Å². The summed E-state index contributed by atoms with van der Waals surface area (Å²) in [7, 11) is 0. The molecule has 1 amide bonds. The van der Waals surface area contributed by atoms with Crippen molar-refractivity contribution in [3.05, 3.63) is 28.2 Å². The fraction of sp³-hybridized carbons (Fsp3) is 0.385. The lowest BCUT2D eigenvalue weighted by molar-refractivity contribution is -0.136. The summed E-state index contributed by atoms with van der Waals surface area (Å²) in [6.07, 6.45) is 0.851. The molecule has 1 aliphatic heterocycles. The molecule has 6 heteroatoms. The van der Waals surface area contributed by atoms with Gasteiger partial charge < -0.3 is 9.64 Å². The van der Waals surface area contributed by atoms with Gasteiger partial charge in [0.25, 0.3) is 5.91 Å². The summed E-state index contributed by atoms with van der Waals surface area (Å²) in [6.45, 7) is 0.861. The standard InChI is InChI=1S/C13H13Cl2NO3/c14-9-5-10(15)7-12(6-9)19-8-13(18)16-3-1-11(17)2-4-16/h5-7H,1-4,8H2. The molecule has 0 spiro atoms. The molecule has 0 unspecified atom stereocenters. The topological polar surface area (TPSA) is 46.6 Å². The van der Waals surface area contributed by atoms with E-state index >= 15 is 0 Å². The van der Waals surface area contributed by atoms with Crippen molar-refractivity contribution in [1.29, 1.82) is 0 Å². The first-order chi connectivity index (χ1) is 9.04. The molecule has 0 saturated carbocycles. The van der Waals surface area contributed by atoms with Gasteiger partial charge in [-0.15, -0.1) is 0 Å². The van der Waals surface area contributed by atoms with E-state index in [9.17, 15) is 9.59 Å². The number of halogens is 2. The van der Waals surface area contributed by atoms with Gasteiger partial charge in [-0.3, -0.25) is 9.59 Å². The number of rotatable bonds is 3. The average molecular weight is 302 g/mol. The minimum absolute atomic E-state index is 0.0785. The zero-order valence-electron chi connectivity index (χ0n) is 10.2. The van der Waals surface area contributed by atoms with E-state index in [2.05, 4.69) is 0 Å². The lowest BCUT2D eigenvalue weighted by Gasteiger charge is -2.25. The van der Waals surface area contributed by atoms with Crippen molar-refractivity contribution in [2.45, 2.75) is 12.8 Å². The maximum Gasteiger partial charge on any atom is 0.260 e. The predicted molar refractivity (Wildman–Crippen MR) is 72.8 cm³/mol. The molecule has 1 aliphatic rings. The van der Waals surface area contributed by atoms with Crippen LogP contribution in [0.2, 0.25) is 10.0 Å². The fourth-order valence-electron chi connectivity index (χ4n) is 1.85. The van der Waals surface area contributed by atoms with Crippen molar-refractivity contribution in [3.8, 4) is 5.75 Å². The number of hydrogen-bond acceptors (Lipinski definition) is 3. The third-order valence-corrected chi connectivity index (χ3v) is 3.31. The number of amides is 1. The number of benzene rings is 1. The van der Waals surface area contributed by atoms with Crippen LogP contribution >= 0.6 is 23.2 Å². The lowest BCUT2D eigenvalue weighted by atomic mass is 10.1. The molecular weight excluding hydrogens is 289 g/mol. The molecule has 1 aromatic rings. The summed E-state index contributed by atoms with van der Waals surface area (Å²) < 4.78 is 5.36. The maximum absolute atomic E-state index is 11.9. The van der Waals surface area contributed by atoms with Crippen molar-refractivity contribution in [1.82, 2.24) is 4.90 Å². The van der Waals surface area contributed by atoms with Crippen LogP contribution in [0.25, 0.3) is 0 Å². The second-order valence-electron chi connectivity index (χ2n) is 4.31. The quantitative estimate of drug-likeness (QED) is 0.862. The molecule has 19 heavy (non-hydrogen) atoms. The number of ether oxygens (including phenoxy) is 1. The molecule has 102 valence electrons. The zero-order valence-corrected chi connectivity index (χ0v) is 11.7. The Morgan fingerprint density at radius 1 is 1.16 bits per heavy atom. The maximum atomic E-state index is 11.9.